The number of carboxylic acid groups (broad SMARTS) is 1. The van der Waals surface area contributed by atoms with Crippen LogP contribution in [0.15, 0.2) is 47.2 Å². The summed E-state index contributed by atoms with van der Waals surface area (Å²) in [5, 5.41) is 12.8. The molecule has 0 fully saturated rings. The lowest BCUT2D eigenvalue weighted by atomic mass is 10.1. The van der Waals surface area contributed by atoms with Gasteiger partial charge in [0.05, 0.1) is 0 Å². The van der Waals surface area contributed by atoms with Crippen LogP contribution in [-0.4, -0.2) is 23.0 Å². The molecule has 0 bridgehead atoms. The van der Waals surface area contributed by atoms with Crippen molar-refractivity contribution in [1.82, 2.24) is 4.90 Å². The highest BCUT2D eigenvalue weighted by molar-refractivity contribution is 7.07. The zero-order chi connectivity index (χ0) is 14.4. The lowest BCUT2D eigenvalue weighted by Crippen LogP contribution is -2.16. The first kappa shape index (κ1) is 14.5. The summed E-state index contributed by atoms with van der Waals surface area (Å²) in [5.74, 6) is -0.926. The molecule has 0 saturated heterocycles. The predicted octanol–water partition coefficient (Wildman–Crippen LogP) is 3.48. The van der Waals surface area contributed by atoms with E-state index in [1.54, 1.807) is 17.4 Å². The molecule has 0 atom stereocenters. The highest BCUT2D eigenvalue weighted by atomic mass is 32.1. The molecule has 1 aromatic heterocycles. The molecule has 0 saturated carbocycles. The van der Waals surface area contributed by atoms with Crippen molar-refractivity contribution in [1.29, 1.82) is 0 Å². The molecule has 20 heavy (non-hydrogen) atoms. The number of rotatable bonds is 6. The normalized spacial score (nSPS) is 11.3. The third-order valence-corrected chi connectivity index (χ3v) is 3.62. The Bertz CT molecular complexity index is 573. The van der Waals surface area contributed by atoms with Gasteiger partial charge in [0.25, 0.3) is 0 Å². The second-order valence-corrected chi connectivity index (χ2v) is 5.50. The number of hydrogen-bond acceptors (Lipinski definition) is 3. The number of hydrogen-bond donors (Lipinski definition) is 1. The van der Waals surface area contributed by atoms with Crippen molar-refractivity contribution in [2.45, 2.75) is 13.1 Å². The third-order valence-electron chi connectivity index (χ3n) is 2.88. The van der Waals surface area contributed by atoms with Gasteiger partial charge in [0, 0.05) is 19.2 Å². The average molecular weight is 287 g/mol. The van der Waals surface area contributed by atoms with Gasteiger partial charge in [-0.25, -0.2) is 4.79 Å². The van der Waals surface area contributed by atoms with Crippen LogP contribution in [0.5, 0.6) is 0 Å². The van der Waals surface area contributed by atoms with Crippen LogP contribution in [0.3, 0.4) is 0 Å². The molecule has 0 aliphatic carbocycles. The number of aliphatic carboxylic acids is 1. The zero-order valence-electron chi connectivity index (χ0n) is 11.3. The Morgan fingerprint density at radius 2 is 1.90 bits per heavy atom. The van der Waals surface area contributed by atoms with Crippen molar-refractivity contribution in [2.75, 3.05) is 7.05 Å². The smallest absolute Gasteiger partial charge is 0.328 e. The maximum atomic E-state index is 10.4. The Morgan fingerprint density at radius 1 is 1.20 bits per heavy atom. The van der Waals surface area contributed by atoms with Crippen LogP contribution in [0.1, 0.15) is 16.7 Å². The van der Waals surface area contributed by atoms with Crippen LogP contribution in [-0.2, 0) is 17.9 Å². The second kappa shape index (κ2) is 7.03. The number of nitrogens with zero attached hydrogens (tertiary/aromatic N) is 1. The van der Waals surface area contributed by atoms with E-state index in [4.69, 9.17) is 5.11 Å². The Kier molecular flexibility index (Phi) is 5.09. The average Bonchev–Trinajstić information content (AvgIpc) is 2.90. The van der Waals surface area contributed by atoms with Crippen LogP contribution in [0, 0.1) is 0 Å². The molecule has 1 heterocycles. The van der Waals surface area contributed by atoms with Gasteiger partial charge in [-0.1, -0.05) is 24.3 Å². The second-order valence-electron chi connectivity index (χ2n) is 4.72. The minimum absolute atomic E-state index is 0.874. The summed E-state index contributed by atoms with van der Waals surface area (Å²) in [6.45, 7) is 1.81. The maximum Gasteiger partial charge on any atom is 0.328 e. The Balaban J connectivity index is 1.91. The Hall–Kier alpha value is -1.91. The monoisotopic (exact) mass is 287 g/mol. The van der Waals surface area contributed by atoms with Crippen molar-refractivity contribution < 1.29 is 9.90 Å². The zero-order valence-corrected chi connectivity index (χ0v) is 12.1. The fourth-order valence-electron chi connectivity index (χ4n) is 1.96. The highest BCUT2D eigenvalue weighted by Crippen LogP contribution is 2.12. The molecule has 0 aliphatic rings. The van der Waals surface area contributed by atoms with Crippen molar-refractivity contribution in [3.63, 3.8) is 0 Å². The van der Waals surface area contributed by atoms with E-state index in [0.29, 0.717) is 0 Å². The first-order valence-electron chi connectivity index (χ1n) is 6.33. The summed E-state index contributed by atoms with van der Waals surface area (Å²) in [4.78, 5) is 12.7. The van der Waals surface area contributed by atoms with Crippen LogP contribution >= 0.6 is 11.3 Å². The number of carbonyl (C=O) groups is 1. The standard InChI is InChI=1S/C16H17NO2S/c1-17(11-15-8-9-20-12-15)10-14-4-2-13(3-5-14)6-7-16(18)19/h2-9,12H,10-11H2,1H3,(H,18,19). The quantitative estimate of drug-likeness (QED) is 0.827. The topological polar surface area (TPSA) is 40.5 Å². The first-order chi connectivity index (χ1) is 9.63. The summed E-state index contributed by atoms with van der Waals surface area (Å²) in [5.41, 5.74) is 3.45. The molecule has 0 spiro atoms. The Morgan fingerprint density at radius 3 is 2.50 bits per heavy atom. The van der Waals surface area contributed by atoms with Gasteiger partial charge in [0.1, 0.15) is 0 Å². The lowest BCUT2D eigenvalue weighted by Gasteiger charge is -2.16. The minimum Gasteiger partial charge on any atom is -0.478 e. The van der Waals surface area contributed by atoms with Gasteiger partial charge < -0.3 is 5.11 Å². The van der Waals surface area contributed by atoms with Crippen molar-refractivity contribution >= 4 is 23.4 Å². The number of carboxylic acids is 1. The Labute approximate surface area is 122 Å². The lowest BCUT2D eigenvalue weighted by molar-refractivity contribution is -0.131. The van der Waals surface area contributed by atoms with Crippen LogP contribution < -0.4 is 0 Å². The summed E-state index contributed by atoms with van der Waals surface area (Å²) in [6, 6.07) is 10.1. The molecule has 2 aromatic rings. The SMILES string of the molecule is CN(Cc1ccc(C=CC(=O)O)cc1)Cc1ccsc1. The van der Waals surface area contributed by atoms with Gasteiger partial charge in [0.2, 0.25) is 0 Å². The fourth-order valence-corrected chi connectivity index (χ4v) is 2.62. The van der Waals surface area contributed by atoms with E-state index < -0.39 is 5.97 Å². The molecule has 0 amide bonds. The summed E-state index contributed by atoms with van der Waals surface area (Å²) in [6.07, 6.45) is 2.75. The molecule has 0 aliphatic heterocycles. The highest BCUT2D eigenvalue weighted by Gasteiger charge is 2.02. The van der Waals surface area contributed by atoms with Crippen molar-refractivity contribution in [2.24, 2.45) is 0 Å². The predicted molar refractivity (Wildman–Crippen MR) is 82.6 cm³/mol. The van der Waals surface area contributed by atoms with E-state index in [2.05, 4.69) is 28.8 Å². The summed E-state index contributed by atoms with van der Waals surface area (Å²) < 4.78 is 0. The molecule has 0 unspecified atom stereocenters. The van der Waals surface area contributed by atoms with E-state index in [9.17, 15) is 4.79 Å². The molecule has 0 radical (unpaired) electrons. The molecule has 104 valence electrons. The van der Waals surface area contributed by atoms with Crippen LogP contribution in [0.25, 0.3) is 6.08 Å². The van der Waals surface area contributed by atoms with E-state index in [0.717, 1.165) is 24.7 Å². The van der Waals surface area contributed by atoms with Crippen molar-refractivity contribution in [3.8, 4) is 0 Å². The van der Waals surface area contributed by atoms with E-state index >= 15 is 0 Å². The molecular weight excluding hydrogens is 270 g/mol. The van der Waals surface area contributed by atoms with Crippen LogP contribution in [0.2, 0.25) is 0 Å². The molecule has 3 nitrogen and oxygen atoms in total. The van der Waals surface area contributed by atoms with Crippen molar-refractivity contribution in [3.05, 3.63) is 63.9 Å². The molecular formula is C16H17NO2S. The molecule has 1 aromatic carbocycles. The van der Waals surface area contributed by atoms with Gasteiger partial charge in [-0.05, 0) is 46.6 Å². The molecule has 4 heteroatoms. The number of thiophene rings is 1. The summed E-state index contributed by atoms with van der Waals surface area (Å²) in [7, 11) is 2.09. The largest absolute Gasteiger partial charge is 0.478 e. The van der Waals surface area contributed by atoms with Gasteiger partial charge >= 0.3 is 5.97 Å². The van der Waals surface area contributed by atoms with E-state index in [1.165, 1.54) is 11.1 Å². The first-order valence-corrected chi connectivity index (χ1v) is 7.27. The van der Waals surface area contributed by atoms with Crippen LogP contribution in [0.4, 0.5) is 0 Å². The number of benzene rings is 1. The van der Waals surface area contributed by atoms with Gasteiger partial charge in [-0.2, -0.15) is 11.3 Å². The van der Waals surface area contributed by atoms with E-state index in [-0.39, 0.29) is 0 Å². The fraction of sp³-hybridized carbons (Fsp3) is 0.188. The van der Waals surface area contributed by atoms with Gasteiger partial charge in [-0.15, -0.1) is 0 Å². The minimum atomic E-state index is -0.926. The third kappa shape index (κ3) is 4.64. The molecule has 2 rings (SSSR count). The van der Waals surface area contributed by atoms with Gasteiger partial charge in [-0.3, -0.25) is 4.90 Å². The molecule has 1 N–H and O–H groups in total. The maximum absolute atomic E-state index is 10.4. The summed E-state index contributed by atoms with van der Waals surface area (Å²) >= 11 is 1.72. The van der Waals surface area contributed by atoms with Gasteiger partial charge in [0.15, 0.2) is 0 Å². The van der Waals surface area contributed by atoms with E-state index in [1.807, 2.05) is 24.3 Å².